The first-order valence-corrected chi connectivity index (χ1v) is 8.08. The first-order chi connectivity index (χ1) is 8.61. The van der Waals surface area contributed by atoms with Crippen LogP contribution >= 0.6 is 11.6 Å². The van der Waals surface area contributed by atoms with E-state index >= 15 is 0 Å². The second-order valence-electron chi connectivity index (χ2n) is 5.00. The molecule has 0 heterocycles. The molecule has 0 radical (unpaired) electrons. The van der Waals surface area contributed by atoms with E-state index < -0.39 is 11.1 Å². The molecule has 18 heavy (non-hydrogen) atoms. The molecule has 0 aromatic heterocycles. The topological polar surface area (TPSA) is 40.1 Å². The van der Waals surface area contributed by atoms with Gasteiger partial charge in [-0.15, -0.1) is 0 Å². The molecule has 2 nitrogen and oxygen atoms in total. The second-order valence-corrected chi connectivity index (χ2v) is 6.31. The number of benzene rings is 1. The maximum absolute atomic E-state index is 10.7. The van der Waals surface area contributed by atoms with Gasteiger partial charge >= 0.3 is 0 Å². The van der Waals surface area contributed by atoms with Gasteiger partial charge in [0.25, 0.3) is 0 Å². The summed E-state index contributed by atoms with van der Waals surface area (Å²) in [6.45, 7) is 2.24. The second kappa shape index (κ2) is 6.18. The van der Waals surface area contributed by atoms with Crippen LogP contribution in [-0.4, -0.2) is 8.76 Å². The summed E-state index contributed by atoms with van der Waals surface area (Å²) in [5.74, 6) is 1.35. The first kappa shape index (κ1) is 14.0. The zero-order chi connectivity index (χ0) is 13.1. The Hall–Kier alpha value is -0.380. The fourth-order valence-electron chi connectivity index (χ4n) is 3.00. The monoisotopic (exact) mass is 285 g/mol. The molecule has 1 fully saturated rings. The van der Waals surface area contributed by atoms with Crippen LogP contribution in [0, 0.1) is 5.92 Å². The highest BCUT2D eigenvalue weighted by atomic mass is 35.5. The summed E-state index contributed by atoms with van der Waals surface area (Å²) in [7, 11) is 0. The average Bonchev–Trinajstić information content (AvgIpc) is 2.79. The molecule has 1 aromatic carbocycles. The van der Waals surface area contributed by atoms with Gasteiger partial charge in [0.05, 0.1) is 0 Å². The normalized spacial score (nSPS) is 25.3. The molecule has 1 aliphatic carbocycles. The number of hydrogen-bond donors (Lipinski definition) is 0. The Balaban J connectivity index is 2.20. The molecule has 4 heteroatoms. The van der Waals surface area contributed by atoms with Crippen LogP contribution in [0.2, 0.25) is 5.02 Å². The van der Waals surface area contributed by atoms with Gasteiger partial charge in [-0.1, -0.05) is 54.6 Å². The molecule has 1 aromatic rings. The Kier molecular flexibility index (Phi) is 4.82. The minimum atomic E-state index is -2.08. The predicted molar refractivity (Wildman–Crippen MR) is 74.4 cm³/mol. The van der Waals surface area contributed by atoms with Crippen molar-refractivity contribution in [1.29, 1.82) is 0 Å². The van der Waals surface area contributed by atoms with E-state index in [9.17, 15) is 8.76 Å². The predicted octanol–water partition coefficient (Wildman–Crippen LogP) is 4.01. The maximum atomic E-state index is 10.7. The number of hydrogen-bond acceptors (Lipinski definition) is 2. The summed E-state index contributed by atoms with van der Waals surface area (Å²) in [6.07, 6.45) is 5.01. The van der Waals surface area contributed by atoms with Crippen molar-refractivity contribution in [2.45, 2.75) is 44.3 Å². The van der Waals surface area contributed by atoms with E-state index in [0.29, 0.717) is 16.5 Å². The summed E-state index contributed by atoms with van der Waals surface area (Å²) in [5, 5.41) is 0.582. The van der Waals surface area contributed by atoms with Gasteiger partial charge in [0, 0.05) is 10.8 Å². The molecule has 2 rings (SSSR count). The van der Waals surface area contributed by atoms with Crippen molar-refractivity contribution in [1.82, 2.24) is 0 Å². The lowest BCUT2D eigenvalue weighted by Gasteiger charge is -2.19. The van der Waals surface area contributed by atoms with E-state index in [2.05, 4.69) is 6.92 Å². The number of rotatable bonds is 4. The van der Waals surface area contributed by atoms with E-state index in [0.717, 1.165) is 5.92 Å². The summed E-state index contributed by atoms with van der Waals surface area (Å²) < 4.78 is 21.4. The smallest absolute Gasteiger partial charge is 0.0449 e. The van der Waals surface area contributed by atoms with Gasteiger partial charge < -0.3 is 4.55 Å². The largest absolute Gasteiger partial charge is 0.772 e. The van der Waals surface area contributed by atoms with Gasteiger partial charge in [-0.2, -0.15) is 0 Å². The molecular formula is C14H18ClO2S-. The van der Waals surface area contributed by atoms with Crippen molar-refractivity contribution < 1.29 is 8.76 Å². The van der Waals surface area contributed by atoms with Crippen LogP contribution in [0.3, 0.4) is 0 Å². The van der Waals surface area contributed by atoms with Gasteiger partial charge in [-0.05, 0) is 41.9 Å². The van der Waals surface area contributed by atoms with Crippen LogP contribution in [-0.2, 0) is 16.8 Å². The maximum Gasteiger partial charge on any atom is 0.0449 e. The summed E-state index contributed by atoms with van der Waals surface area (Å²) >= 11 is 4.09. The third-order valence-electron chi connectivity index (χ3n) is 3.96. The van der Waals surface area contributed by atoms with Crippen molar-refractivity contribution in [3.63, 3.8) is 0 Å². The van der Waals surface area contributed by atoms with Crippen LogP contribution in [0.1, 0.15) is 49.7 Å². The first-order valence-electron chi connectivity index (χ1n) is 6.46. The molecule has 1 aliphatic rings. The third-order valence-corrected chi connectivity index (χ3v) is 4.86. The number of halogens is 1. The Morgan fingerprint density at radius 1 is 1.44 bits per heavy atom. The standard InChI is InChI=1S/C14H19ClO2S/c1-2-10-4-3-5-13(10)11-6-7-12(9-18(16)17)14(15)8-11/h6-8,10,13H,2-5,9H2,1H3,(H,16,17)/p-1. The fraction of sp³-hybridized carbons (Fsp3) is 0.571. The van der Waals surface area contributed by atoms with E-state index in [1.54, 1.807) is 0 Å². The molecule has 3 atom stereocenters. The van der Waals surface area contributed by atoms with Gasteiger partial charge in [-0.3, -0.25) is 4.21 Å². The Bertz CT molecular complexity index is 447. The van der Waals surface area contributed by atoms with E-state index in [4.69, 9.17) is 11.6 Å². The minimum Gasteiger partial charge on any atom is -0.772 e. The molecule has 0 spiro atoms. The molecular weight excluding hydrogens is 268 g/mol. The van der Waals surface area contributed by atoms with Crippen LogP contribution in [0.15, 0.2) is 18.2 Å². The fourth-order valence-corrected chi connectivity index (χ4v) is 3.84. The van der Waals surface area contributed by atoms with Crippen LogP contribution in [0.5, 0.6) is 0 Å². The van der Waals surface area contributed by atoms with Crippen molar-refractivity contribution in [2.24, 2.45) is 5.92 Å². The summed E-state index contributed by atoms with van der Waals surface area (Å²) in [5.41, 5.74) is 1.96. The third kappa shape index (κ3) is 3.14. The lowest BCUT2D eigenvalue weighted by Crippen LogP contribution is -2.05. The molecule has 0 amide bonds. The molecule has 1 saturated carbocycles. The van der Waals surface area contributed by atoms with Crippen molar-refractivity contribution >= 4 is 22.7 Å². The van der Waals surface area contributed by atoms with Gasteiger partial charge in [0.2, 0.25) is 0 Å². The molecule has 3 unspecified atom stereocenters. The lowest BCUT2D eigenvalue weighted by atomic mass is 9.87. The Labute approximate surface area is 116 Å². The lowest BCUT2D eigenvalue weighted by molar-refractivity contribution is 0.469. The van der Waals surface area contributed by atoms with Crippen LogP contribution < -0.4 is 0 Å². The zero-order valence-corrected chi connectivity index (χ0v) is 12.1. The quantitative estimate of drug-likeness (QED) is 0.784. The van der Waals surface area contributed by atoms with E-state index in [-0.39, 0.29) is 5.75 Å². The molecule has 0 aliphatic heterocycles. The van der Waals surface area contributed by atoms with Gasteiger partial charge in [0.1, 0.15) is 0 Å². The van der Waals surface area contributed by atoms with Crippen molar-refractivity contribution in [2.75, 3.05) is 0 Å². The highest BCUT2D eigenvalue weighted by Gasteiger charge is 2.27. The highest BCUT2D eigenvalue weighted by Crippen LogP contribution is 2.42. The summed E-state index contributed by atoms with van der Waals surface area (Å²) in [4.78, 5) is 0. The van der Waals surface area contributed by atoms with Crippen molar-refractivity contribution in [3.05, 3.63) is 34.3 Å². The molecule has 100 valence electrons. The van der Waals surface area contributed by atoms with Crippen LogP contribution in [0.25, 0.3) is 0 Å². The van der Waals surface area contributed by atoms with Gasteiger partial charge in [0.15, 0.2) is 0 Å². The summed E-state index contributed by atoms with van der Waals surface area (Å²) in [6, 6.07) is 5.87. The average molecular weight is 286 g/mol. The molecule has 0 saturated heterocycles. The van der Waals surface area contributed by atoms with Crippen LogP contribution in [0.4, 0.5) is 0 Å². The molecule has 0 N–H and O–H groups in total. The van der Waals surface area contributed by atoms with E-state index in [1.807, 2.05) is 18.2 Å². The minimum absolute atomic E-state index is 0.000979. The Morgan fingerprint density at radius 2 is 2.22 bits per heavy atom. The Morgan fingerprint density at radius 3 is 2.83 bits per heavy atom. The van der Waals surface area contributed by atoms with Crippen molar-refractivity contribution in [3.8, 4) is 0 Å². The van der Waals surface area contributed by atoms with E-state index in [1.165, 1.54) is 31.2 Å². The SMILES string of the molecule is CCC1CCCC1c1ccc(CS(=O)[O-])c(Cl)c1. The zero-order valence-electron chi connectivity index (χ0n) is 10.5. The van der Waals surface area contributed by atoms with Gasteiger partial charge in [-0.25, -0.2) is 0 Å². The molecule has 0 bridgehead atoms. The highest BCUT2D eigenvalue weighted by molar-refractivity contribution is 7.78.